The molecule has 11 heteroatoms. The largest absolute Gasteiger partial charge is 0.465 e. The Kier molecular flexibility index (Phi) is 6.75. The number of hydrogen-bond acceptors (Lipinski definition) is 7. The van der Waals surface area contributed by atoms with Crippen LogP contribution in [0.3, 0.4) is 0 Å². The summed E-state index contributed by atoms with van der Waals surface area (Å²) in [6.07, 6.45) is 2.78. The molecule has 0 bridgehead atoms. The molecule has 2 aromatic heterocycles. The zero-order valence-corrected chi connectivity index (χ0v) is 20.4. The Morgan fingerprint density at radius 1 is 1.08 bits per heavy atom. The first-order chi connectivity index (χ1) is 17.2. The Balaban J connectivity index is 2.03. The highest BCUT2D eigenvalue weighted by atomic mass is 32.2. The number of hydrogen-bond donors (Lipinski definition) is 2. The Hall–Kier alpha value is -4.25. The first kappa shape index (κ1) is 24.9. The summed E-state index contributed by atoms with van der Waals surface area (Å²) in [5.74, 6) is -1.52. The number of amides is 1. The number of carbonyl (C=O) groups is 2. The first-order valence-electron chi connectivity index (χ1n) is 10.8. The number of methoxy groups -OCH3 is 1. The van der Waals surface area contributed by atoms with Crippen molar-refractivity contribution in [1.29, 1.82) is 0 Å². The molecule has 1 amide bonds. The predicted octanol–water partition coefficient (Wildman–Crippen LogP) is 4.21. The number of anilines is 1. The maximum atomic E-state index is 13.5. The van der Waals surface area contributed by atoms with E-state index in [1.54, 1.807) is 6.07 Å². The van der Waals surface area contributed by atoms with Crippen molar-refractivity contribution < 1.29 is 31.6 Å². The van der Waals surface area contributed by atoms with E-state index in [0.717, 1.165) is 0 Å². The molecule has 186 valence electrons. The van der Waals surface area contributed by atoms with Crippen LogP contribution in [0.25, 0.3) is 33.4 Å². The fourth-order valence-corrected chi connectivity index (χ4v) is 4.33. The Labute approximate surface area is 206 Å². The molecule has 0 saturated carbocycles. The smallest absolute Gasteiger partial charge is 0.339 e. The molecule has 0 aliphatic rings. The van der Waals surface area contributed by atoms with E-state index in [-0.39, 0.29) is 33.9 Å². The van der Waals surface area contributed by atoms with Crippen LogP contribution in [0.2, 0.25) is 0 Å². The van der Waals surface area contributed by atoms with Gasteiger partial charge in [-0.25, -0.2) is 17.6 Å². The van der Waals surface area contributed by atoms with Gasteiger partial charge in [0.05, 0.1) is 29.7 Å². The van der Waals surface area contributed by atoms with Crippen LogP contribution in [-0.4, -0.2) is 45.2 Å². The lowest BCUT2D eigenvalue weighted by Gasteiger charge is -2.13. The van der Waals surface area contributed by atoms with Gasteiger partial charge in [-0.05, 0) is 43.3 Å². The number of furan rings is 1. The minimum Gasteiger partial charge on any atom is -0.465 e. The summed E-state index contributed by atoms with van der Waals surface area (Å²) >= 11 is 0. The lowest BCUT2D eigenvalue weighted by atomic mass is 9.99. The molecular formula is C25H22FN3O6S. The molecule has 2 heterocycles. The quantitative estimate of drug-likeness (QED) is 0.356. The van der Waals surface area contributed by atoms with Crippen molar-refractivity contribution in [2.24, 2.45) is 0 Å². The number of rotatable bonds is 7. The number of halogens is 1. The second kappa shape index (κ2) is 9.78. The molecule has 4 aromatic rings. The summed E-state index contributed by atoms with van der Waals surface area (Å²) < 4.78 is 51.7. The zero-order valence-electron chi connectivity index (χ0n) is 19.6. The van der Waals surface area contributed by atoms with Crippen molar-refractivity contribution in [3.63, 3.8) is 0 Å². The molecule has 0 radical (unpaired) electrons. The van der Waals surface area contributed by atoms with Gasteiger partial charge in [0.25, 0.3) is 5.91 Å². The van der Waals surface area contributed by atoms with Crippen LogP contribution in [0, 0.1) is 5.82 Å². The minimum absolute atomic E-state index is 0.158. The van der Waals surface area contributed by atoms with Crippen molar-refractivity contribution in [2.75, 3.05) is 24.6 Å². The van der Waals surface area contributed by atoms with Gasteiger partial charge < -0.3 is 14.5 Å². The number of esters is 1. The highest BCUT2D eigenvalue weighted by molar-refractivity contribution is 7.92. The number of ether oxygens (including phenoxy) is 1. The van der Waals surface area contributed by atoms with E-state index in [1.807, 2.05) is 0 Å². The van der Waals surface area contributed by atoms with Gasteiger partial charge in [0.1, 0.15) is 17.2 Å². The Morgan fingerprint density at radius 2 is 1.81 bits per heavy atom. The van der Waals surface area contributed by atoms with Crippen LogP contribution in [0.4, 0.5) is 10.1 Å². The molecule has 0 fully saturated rings. The molecular weight excluding hydrogens is 489 g/mol. The summed E-state index contributed by atoms with van der Waals surface area (Å²) in [5.41, 5.74) is 1.94. The maximum absolute atomic E-state index is 13.5. The number of nitrogens with one attached hydrogen (secondary N) is 2. The van der Waals surface area contributed by atoms with Gasteiger partial charge >= 0.3 is 5.97 Å². The van der Waals surface area contributed by atoms with Crippen LogP contribution in [0.5, 0.6) is 0 Å². The second-order valence-corrected chi connectivity index (χ2v) is 9.76. The molecule has 0 spiro atoms. The highest BCUT2D eigenvalue weighted by Gasteiger charge is 2.25. The summed E-state index contributed by atoms with van der Waals surface area (Å²) in [6, 6.07) is 9.99. The average molecular weight is 512 g/mol. The predicted molar refractivity (Wildman–Crippen MR) is 133 cm³/mol. The van der Waals surface area contributed by atoms with Crippen molar-refractivity contribution in [3.05, 3.63) is 71.8 Å². The van der Waals surface area contributed by atoms with Gasteiger partial charge in [-0.1, -0.05) is 0 Å². The third kappa shape index (κ3) is 4.78. The number of pyridine rings is 1. The summed E-state index contributed by atoms with van der Waals surface area (Å²) in [4.78, 5) is 29.1. The van der Waals surface area contributed by atoms with Gasteiger partial charge in [0, 0.05) is 47.6 Å². The molecule has 4 rings (SSSR count). The number of fused-ring (bicyclic) bond motifs is 1. The molecule has 0 aliphatic heterocycles. The summed E-state index contributed by atoms with van der Waals surface area (Å²) in [7, 11) is -1.01. The van der Waals surface area contributed by atoms with E-state index in [4.69, 9.17) is 9.15 Å². The summed E-state index contributed by atoms with van der Waals surface area (Å²) in [6.45, 7) is 1.49. The second-order valence-electron chi connectivity index (χ2n) is 7.75. The lowest BCUT2D eigenvalue weighted by Crippen LogP contribution is -2.18. The van der Waals surface area contributed by atoms with E-state index < -0.39 is 27.7 Å². The van der Waals surface area contributed by atoms with E-state index in [2.05, 4.69) is 15.0 Å². The fourth-order valence-electron chi connectivity index (χ4n) is 3.68. The number of nitrogens with zero attached hydrogens (tertiary/aromatic N) is 1. The molecule has 0 unspecified atom stereocenters. The molecule has 0 atom stereocenters. The van der Waals surface area contributed by atoms with Gasteiger partial charge in [-0.3, -0.25) is 14.5 Å². The molecule has 0 aliphatic carbocycles. The number of benzene rings is 2. The van der Waals surface area contributed by atoms with Gasteiger partial charge in [-0.2, -0.15) is 0 Å². The van der Waals surface area contributed by atoms with Crippen LogP contribution in [-0.2, 0) is 14.8 Å². The fraction of sp³-hybridized carbons (Fsp3) is 0.160. The number of aromatic nitrogens is 1. The van der Waals surface area contributed by atoms with E-state index in [1.165, 1.54) is 69.9 Å². The standard InChI is InChI=1S/C25H22FN3O6S/c1-4-36(32,33)29-20-11-21-19(10-18(20)15-9-16(13-28-12-15)25(31)34-3)22(24(30)27-2)23(35-21)14-5-7-17(26)8-6-14/h5-13,29H,4H2,1-3H3,(H,27,30). The molecule has 9 nitrogen and oxygen atoms in total. The Morgan fingerprint density at radius 3 is 2.44 bits per heavy atom. The van der Waals surface area contributed by atoms with Crippen LogP contribution >= 0.6 is 0 Å². The van der Waals surface area contributed by atoms with E-state index >= 15 is 0 Å². The first-order valence-corrected chi connectivity index (χ1v) is 12.5. The van der Waals surface area contributed by atoms with Crippen LogP contribution < -0.4 is 10.0 Å². The topological polar surface area (TPSA) is 128 Å². The van der Waals surface area contributed by atoms with Crippen molar-refractivity contribution in [1.82, 2.24) is 10.3 Å². The average Bonchev–Trinajstić information content (AvgIpc) is 3.25. The minimum atomic E-state index is -3.71. The SMILES string of the molecule is CCS(=O)(=O)Nc1cc2oc(-c3ccc(F)cc3)c(C(=O)NC)c2cc1-c1cncc(C(=O)OC)c1. The normalized spacial score (nSPS) is 11.3. The maximum Gasteiger partial charge on any atom is 0.339 e. The molecule has 0 saturated heterocycles. The van der Waals surface area contributed by atoms with Crippen molar-refractivity contribution >= 4 is 38.6 Å². The zero-order chi connectivity index (χ0) is 26.0. The molecule has 2 aromatic carbocycles. The third-order valence-corrected chi connectivity index (χ3v) is 6.80. The third-order valence-electron chi connectivity index (χ3n) is 5.50. The Bertz CT molecular complexity index is 1580. The lowest BCUT2D eigenvalue weighted by molar-refractivity contribution is 0.0600. The molecule has 36 heavy (non-hydrogen) atoms. The van der Waals surface area contributed by atoms with E-state index in [0.29, 0.717) is 22.1 Å². The van der Waals surface area contributed by atoms with Gasteiger partial charge in [-0.15, -0.1) is 0 Å². The van der Waals surface area contributed by atoms with Crippen molar-refractivity contribution in [2.45, 2.75) is 6.92 Å². The highest BCUT2D eigenvalue weighted by Crippen LogP contribution is 2.40. The number of carbonyl (C=O) groups excluding carboxylic acids is 2. The molecule has 2 N–H and O–H groups in total. The van der Waals surface area contributed by atoms with Gasteiger partial charge in [0.15, 0.2) is 0 Å². The summed E-state index contributed by atoms with van der Waals surface area (Å²) in [5, 5.41) is 2.96. The van der Waals surface area contributed by atoms with Crippen molar-refractivity contribution in [3.8, 4) is 22.5 Å². The monoisotopic (exact) mass is 511 g/mol. The van der Waals surface area contributed by atoms with E-state index in [9.17, 15) is 22.4 Å². The van der Waals surface area contributed by atoms with Crippen LogP contribution in [0.15, 0.2) is 59.3 Å². The van der Waals surface area contributed by atoms with Crippen LogP contribution in [0.1, 0.15) is 27.6 Å². The van der Waals surface area contributed by atoms with Gasteiger partial charge in [0.2, 0.25) is 10.0 Å². The number of sulfonamides is 1.